The van der Waals surface area contributed by atoms with Crippen LogP contribution in [-0.4, -0.2) is 24.4 Å². The fraction of sp³-hybridized carbons (Fsp3) is 0.211. The molecule has 0 spiro atoms. The molecule has 0 aliphatic rings. The van der Waals surface area contributed by atoms with Crippen molar-refractivity contribution in [3.63, 3.8) is 0 Å². The van der Waals surface area contributed by atoms with E-state index in [1.54, 1.807) is 19.3 Å². The van der Waals surface area contributed by atoms with Crippen LogP contribution in [0.3, 0.4) is 0 Å². The zero-order chi connectivity index (χ0) is 19.1. The van der Waals surface area contributed by atoms with Gasteiger partial charge in [0, 0.05) is 17.7 Å². The number of hydrogen-bond acceptors (Lipinski definition) is 5. The molecule has 0 radical (unpaired) electrons. The normalized spacial score (nSPS) is 10.7. The van der Waals surface area contributed by atoms with E-state index in [2.05, 4.69) is 15.9 Å². The molecule has 0 N–H and O–H groups in total. The number of nitro groups is 1. The van der Waals surface area contributed by atoms with E-state index in [0.29, 0.717) is 23.7 Å². The van der Waals surface area contributed by atoms with Crippen LogP contribution in [0.25, 0.3) is 6.08 Å². The second-order valence-corrected chi connectivity index (χ2v) is 6.24. The van der Waals surface area contributed by atoms with Gasteiger partial charge in [-0.3, -0.25) is 14.9 Å². The minimum absolute atomic E-state index is 0.0538. The fourth-order valence-corrected chi connectivity index (χ4v) is 2.77. The van der Waals surface area contributed by atoms with Gasteiger partial charge >= 0.3 is 0 Å². The van der Waals surface area contributed by atoms with Crippen molar-refractivity contribution in [2.45, 2.75) is 13.3 Å². The third-order valence-electron chi connectivity index (χ3n) is 3.49. The second kappa shape index (κ2) is 9.15. The van der Waals surface area contributed by atoms with E-state index < -0.39 is 4.92 Å². The maximum atomic E-state index is 12.2. The summed E-state index contributed by atoms with van der Waals surface area (Å²) in [6, 6.07) is 9.08. The van der Waals surface area contributed by atoms with Gasteiger partial charge in [0.25, 0.3) is 5.69 Å². The van der Waals surface area contributed by atoms with E-state index in [1.807, 2.05) is 13.0 Å². The van der Waals surface area contributed by atoms with Crippen LogP contribution in [0.2, 0.25) is 0 Å². The standard InChI is InChI=1S/C19H18BrNO5/c1-3-10-26-19-16(20)11-13(12-18(19)25-2)4-9-17(22)14-5-7-15(8-6-14)21(23)24/h4-9,11-12H,3,10H2,1-2H3/b9-4+. The molecule has 0 aliphatic carbocycles. The molecule has 2 aromatic carbocycles. The van der Waals surface area contributed by atoms with Crippen LogP contribution in [0.4, 0.5) is 5.69 Å². The van der Waals surface area contributed by atoms with Crippen LogP contribution in [0.15, 0.2) is 46.9 Å². The summed E-state index contributed by atoms with van der Waals surface area (Å²) in [5, 5.41) is 10.7. The smallest absolute Gasteiger partial charge is 0.269 e. The quantitative estimate of drug-likeness (QED) is 0.258. The van der Waals surface area contributed by atoms with Gasteiger partial charge in [-0.25, -0.2) is 0 Å². The molecule has 0 bridgehead atoms. The summed E-state index contributed by atoms with van der Waals surface area (Å²) in [5.74, 6) is 0.935. The van der Waals surface area contributed by atoms with Crippen molar-refractivity contribution in [2.75, 3.05) is 13.7 Å². The number of rotatable bonds is 8. The molecule has 2 aromatic rings. The average Bonchev–Trinajstić information content (AvgIpc) is 2.64. The van der Waals surface area contributed by atoms with E-state index in [9.17, 15) is 14.9 Å². The number of non-ortho nitro benzene ring substituents is 1. The number of ether oxygens (including phenoxy) is 2. The molecule has 7 heteroatoms. The number of nitro benzene ring substituents is 1. The van der Waals surface area contributed by atoms with Crippen molar-refractivity contribution in [3.05, 3.63) is 68.2 Å². The number of carbonyl (C=O) groups is 1. The first-order valence-corrected chi connectivity index (χ1v) is 8.72. The molecule has 0 fully saturated rings. The summed E-state index contributed by atoms with van der Waals surface area (Å²) < 4.78 is 11.8. The Morgan fingerprint density at radius 3 is 2.54 bits per heavy atom. The van der Waals surface area contributed by atoms with Crippen LogP contribution >= 0.6 is 15.9 Å². The SMILES string of the molecule is CCCOc1c(Br)cc(/C=C/C(=O)c2ccc([N+](=O)[O-])cc2)cc1OC. The Morgan fingerprint density at radius 1 is 1.27 bits per heavy atom. The molecule has 26 heavy (non-hydrogen) atoms. The van der Waals surface area contributed by atoms with E-state index >= 15 is 0 Å². The predicted molar refractivity (Wildman–Crippen MR) is 103 cm³/mol. The van der Waals surface area contributed by atoms with E-state index in [4.69, 9.17) is 9.47 Å². The Balaban J connectivity index is 2.19. The zero-order valence-corrected chi connectivity index (χ0v) is 16.0. The number of benzene rings is 2. The Morgan fingerprint density at radius 2 is 1.96 bits per heavy atom. The summed E-state index contributed by atoms with van der Waals surface area (Å²) in [7, 11) is 1.55. The summed E-state index contributed by atoms with van der Waals surface area (Å²) in [6.07, 6.45) is 3.94. The maximum Gasteiger partial charge on any atom is 0.269 e. The number of allylic oxidation sites excluding steroid dienone is 1. The molecule has 0 saturated carbocycles. The number of carbonyl (C=O) groups excluding carboxylic acids is 1. The number of halogens is 1. The van der Waals surface area contributed by atoms with Gasteiger partial charge in [0.1, 0.15) is 0 Å². The summed E-state index contributed by atoms with van der Waals surface area (Å²) in [4.78, 5) is 22.4. The Labute approximate surface area is 159 Å². The highest BCUT2D eigenvalue weighted by atomic mass is 79.9. The molecule has 136 valence electrons. The van der Waals surface area contributed by atoms with Crippen LogP contribution in [-0.2, 0) is 0 Å². The molecule has 0 atom stereocenters. The van der Waals surface area contributed by atoms with Crippen molar-refractivity contribution in [2.24, 2.45) is 0 Å². The van der Waals surface area contributed by atoms with E-state index in [0.717, 1.165) is 16.5 Å². The van der Waals surface area contributed by atoms with E-state index in [-0.39, 0.29) is 11.5 Å². The van der Waals surface area contributed by atoms with Crippen molar-refractivity contribution in [3.8, 4) is 11.5 Å². The molecule has 0 aromatic heterocycles. The highest BCUT2D eigenvalue weighted by Crippen LogP contribution is 2.37. The molecular weight excluding hydrogens is 402 g/mol. The molecule has 0 heterocycles. The lowest BCUT2D eigenvalue weighted by molar-refractivity contribution is -0.384. The second-order valence-electron chi connectivity index (χ2n) is 5.38. The van der Waals surface area contributed by atoms with Crippen LogP contribution in [0.5, 0.6) is 11.5 Å². The first kappa shape index (κ1) is 19.7. The van der Waals surface area contributed by atoms with Gasteiger partial charge in [-0.1, -0.05) is 13.0 Å². The molecular formula is C19H18BrNO5. The molecule has 6 nitrogen and oxygen atoms in total. The number of methoxy groups -OCH3 is 1. The Hall–Kier alpha value is -2.67. The van der Waals surface area contributed by atoms with Gasteiger partial charge < -0.3 is 9.47 Å². The van der Waals surface area contributed by atoms with Gasteiger partial charge in [-0.2, -0.15) is 0 Å². The minimum atomic E-state index is -0.504. The molecule has 0 aliphatic heterocycles. The van der Waals surface area contributed by atoms with Crippen LogP contribution in [0, 0.1) is 10.1 Å². The lowest BCUT2D eigenvalue weighted by Gasteiger charge is -2.12. The van der Waals surface area contributed by atoms with Crippen molar-refractivity contribution >= 4 is 33.5 Å². The number of ketones is 1. The zero-order valence-electron chi connectivity index (χ0n) is 14.4. The Bertz CT molecular complexity index is 831. The lowest BCUT2D eigenvalue weighted by Crippen LogP contribution is -1.99. The lowest BCUT2D eigenvalue weighted by atomic mass is 10.1. The van der Waals surface area contributed by atoms with Crippen molar-refractivity contribution < 1.29 is 19.2 Å². The third-order valence-corrected chi connectivity index (χ3v) is 4.08. The molecule has 2 rings (SSSR count). The van der Waals surface area contributed by atoms with E-state index in [1.165, 1.54) is 30.3 Å². The monoisotopic (exact) mass is 419 g/mol. The van der Waals surface area contributed by atoms with Gasteiger partial charge in [-0.05, 0) is 58.3 Å². The highest BCUT2D eigenvalue weighted by Gasteiger charge is 2.11. The van der Waals surface area contributed by atoms with Gasteiger partial charge in [-0.15, -0.1) is 0 Å². The summed E-state index contributed by atoms with van der Waals surface area (Å²) in [5.41, 5.74) is 1.08. The molecule has 0 saturated heterocycles. The minimum Gasteiger partial charge on any atom is -0.493 e. The maximum absolute atomic E-state index is 12.2. The molecule has 0 unspecified atom stereocenters. The fourth-order valence-electron chi connectivity index (χ4n) is 2.20. The third kappa shape index (κ3) is 4.92. The molecule has 0 amide bonds. The van der Waals surface area contributed by atoms with Gasteiger partial charge in [0.15, 0.2) is 17.3 Å². The van der Waals surface area contributed by atoms with Gasteiger partial charge in [0.2, 0.25) is 0 Å². The first-order valence-electron chi connectivity index (χ1n) is 7.93. The number of hydrogen-bond donors (Lipinski definition) is 0. The first-order chi connectivity index (χ1) is 12.5. The highest BCUT2D eigenvalue weighted by molar-refractivity contribution is 9.10. The summed E-state index contributed by atoms with van der Waals surface area (Å²) in [6.45, 7) is 2.59. The van der Waals surface area contributed by atoms with Crippen molar-refractivity contribution in [1.82, 2.24) is 0 Å². The largest absolute Gasteiger partial charge is 0.493 e. The predicted octanol–water partition coefficient (Wildman–Crippen LogP) is 5.05. The summed E-state index contributed by atoms with van der Waals surface area (Å²) >= 11 is 3.45. The number of nitrogens with zero attached hydrogens (tertiary/aromatic N) is 1. The average molecular weight is 420 g/mol. The van der Waals surface area contributed by atoms with Gasteiger partial charge in [0.05, 0.1) is 23.1 Å². The Kier molecular flexibility index (Phi) is 6.91. The van der Waals surface area contributed by atoms with Crippen LogP contribution < -0.4 is 9.47 Å². The van der Waals surface area contributed by atoms with Crippen LogP contribution in [0.1, 0.15) is 29.3 Å². The topological polar surface area (TPSA) is 78.7 Å². The van der Waals surface area contributed by atoms with Crippen molar-refractivity contribution in [1.29, 1.82) is 0 Å².